The minimum Gasteiger partial charge on any atom is -0.353 e. The fourth-order valence-electron chi connectivity index (χ4n) is 3.58. The minimum absolute atomic E-state index is 0.206. The number of rotatable bonds is 4. The van der Waals surface area contributed by atoms with Crippen molar-refractivity contribution >= 4 is 5.91 Å². The summed E-state index contributed by atoms with van der Waals surface area (Å²) in [6, 6.07) is 8.84. The van der Waals surface area contributed by atoms with Crippen LogP contribution in [0.4, 0.5) is 0 Å². The van der Waals surface area contributed by atoms with Gasteiger partial charge in [0, 0.05) is 18.0 Å². The molecule has 3 nitrogen and oxygen atoms in total. The Morgan fingerprint density at radius 3 is 2.76 bits per heavy atom. The van der Waals surface area contributed by atoms with Gasteiger partial charge in [-0.2, -0.15) is 0 Å². The normalized spacial score (nSPS) is 23.6. The third-order valence-electron chi connectivity index (χ3n) is 5.07. The maximum absolute atomic E-state index is 12.1. The highest BCUT2D eigenvalue weighted by molar-refractivity contribution is 5.76. The number of hydrogen-bond donors (Lipinski definition) is 2. The van der Waals surface area contributed by atoms with E-state index in [1.165, 1.54) is 30.4 Å². The van der Waals surface area contributed by atoms with Crippen LogP contribution in [0.3, 0.4) is 0 Å². The van der Waals surface area contributed by atoms with Crippen LogP contribution in [0.15, 0.2) is 24.3 Å². The Hall–Kier alpha value is -1.35. The third kappa shape index (κ3) is 3.65. The first-order valence-corrected chi connectivity index (χ1v) is 8.25. The molecule has 1 saturated heterocycles. The van der Waals surface area contributed by atoms with E-state index in [0.717, 1.165) is 25.8 Å². The fraction of sp³-hybridized carbons (Fsp3) is 0.611. The van der Waals surface area contributed by atoms with Crippen molar-refractivity contribution in [1.29, 1.82) is 0 Å². The zero-order chi connectivity index (χ0) is 14.7. The Morgan fingerprint density at radius 1 is 1.33 bits per heavy atom. The van der Waals surface area contributed by atoms with Crippen LogP contribution >= 0.6 is 0 Å². The average Bonchev–Trinajstić information content (AvgIpc) is 2.45. The molecule has 1 aromatic rings. The smallest absolute Gasteiger partial charge is 0.220 e. The second kappa shape index (κ2) is 6.18. The highest BCUT2D eigenvalue weighted by Gasteiger charge is 2.41. The Kier molecular flexibility index (Phi) is 4.29. The van der Waals surface area contributed by atoms with E-state index in [1.54, 1.807) is 0 Å². The van der Waals surface area contributed by atoms with Gasteiger partial charge in [-0.1, -0.05) is 29.8 Å². The molecule has 2 fully saturated rings. The summed E-state index contributed by atoms with van der Waals surface area (Å²) in [5, 5.41) is 6.89. The zero-order valence-electron chi connectivity index (χ0n) is 13.0. The molecule has 1 saturated carbocycles. The average molecular weight is 286 g/mol. The van der Waals surface area contributed by atoms with Gasteiger partial charge in [-0.25, -0.2) is 0 Å². The molecule has 3 rings (SSSR count). The Bertz CT molecular complexity index is 490. The monoisotopic (exact) mass is 286 g/mol. The number of hydrogen-bond acceptors (Lipinski definition) is 2. The lowest BCUT2D eigenvalue weighted by Crippen LogP contribution is -2.59. The predicted octanol–water partition coefficient (Wildman–Crippen LogP) is 2.72. The van der Waals surface area contributed by atoms with E-state index in [4.69, 9.17) is 0 Å². The van der Waals surface area contributed by atoms with Crippen LogP contribution in [0.2, 0.25) is 0 Å². The summed E-state index contributed by atoms with van der Waals surface area (Å²) < 4.78 is 0. The molecular weight excluding hydrogens is 260 g/mol. The van der Waals surface area contributed by atoms with Crippen LogP contribution in [0, 0.1) is 6.92 Å². The van der Waals surface area contributed by atoms with Crippen molar-refractivity contribution < 1.29 is 4.79 Å². The van der Waals surface area contributed by atoms with Gasteiger partial charge in [-0.15, -0.1) is 0 Å². The van der Waals surface area contributed by atoms with Gasteiger partial charge in [0.25, 0.3) is 0 Å². The molecule has 1 unspecified atom stereocenters. The van der Waals surface area contributed by atoms with Crippen LogP contribution in [-0.2, 0) is 11.2 Å². The maximum Gasteiger partial charge on any atom is 0.220 e. The second-order valence-electron chi connectivity index (χ2n) is 6.80. The number of carbonyl (C=O) groups is 1. The molecule has 1 aromatic carbocycles. The second-order valence-corrected chi connectivity index (χ2v) is 6.80. The fourth-order valence-corrected chi connectivity index (χ4v) is 3.58. The van der Waals surface area contributed by atoms with Crippen LogP contribution in [0.1, 0.15) is 49.7 Å². The Balaban J connectivity index is 1.44. The number of piperidine rings is 1. The van der Waals surface area contributed by atoms with E-state index in [2.05, 4.69) is 41.8 Å². The van der Waals surface area contributed by atoms with Crippen LogP contribution in [0.5, 0.6) is 0 Å². The standard InChI is InChI=1S/C18H26N2O/c1-14-3-5-15(6-4-14)7-8-17(21)20-16-9-12-19-18(13-16)10-2-11-18/h3-6,16,19H,2,7-13H2,1H3,(H,20,21). The van der Waals surface area contributed by atoms with E-state index in [9.17, 15) is 4.79 Å². The number of nitrogens with one attached hydrogen (secondary N) is 2. The molecule has 21 heavy (non-hydrogen) atoms. The minimum atomic E-state index is 0.206. The largest absolute Gasteiger partial charge is 0.353 e. The Labute approximate surface area is 127 Å². The molecule has 0 radical (unpaired) electrons. The summed E-state index contributed by atoms with van der Waals surface area (Å²) in [7, 11) is 0. The molecule has 1 aliphatic heterocycles. The van der Waals surface area contributed by atoms with E-state index >= 15 is 0 Å². The van der Waals surface area contributed by atoms with Crippen molar-refractivity contribution in [2.75, 3.05) is 6.54 Å². The van der Waals surface area contributed by atoms with Gasteiger partial charge in [0.05, 0.1) is 0 Å². The van der Waals surface area contributed by atoms with Crippen molar-refractivity contribution in [2.45, 2.75) is 63.5 Å². The molecule has 0 bridgehead atoms. The first-order chi connectivity index (χ1) is 10.2. The lowest BCUT2D eigenvalue weighted by Gasteiger charge is -2.48. The van der Waals surface area contributed by atoms with Gasteiger partial charge < -0.3 is 10.6 Å². The van der Waals surface area contributed by atoms with Crippen molar-refractivity contribution in [3.63, 3.8) is 0 Å². The van der Waals surface area contributed by atoms with Crippen molar-refractivity contribution in [3.05, 3.63) is 35.4 Å². The molecule has 2 aliphatic rings. The molecule has 1 atom stereocenters. The van der Waals surface area contributed by atoms with Crippen molar-refractivity contribution in [3.8, 4) is 0 Å². The van der Waals surface area contributed by atoms with E-state index in [1.807, 2.05) is 0 Å². The summed E-state index contributed by atoms with van der Waals surface area (Å²) in [6.07, 6.45) is 7.51. The molecule has 1 heterocycles. The van der Waals surface area contributed by atoms with Gasteiger partial charge >= 0.3 is 0 Å². The number of amides is 1. The molecule has 1 aliphatic carbocycles. The quantitative estimate of drug-likeness (QED) is 0.893. The molecular formula is C18H26N2O. The van der Waals surface area contributed by atoms with Crippen LogP contribution < -0.4 is 10.6 Å². The summed E-state index contributed by atoms with van der Waals surface area (Å²) in [4.78, 5) is 12.1. The van der Waals surface area contributed by atoms with Gasteiger partial charge in [-0.05, 0) is 57.6 Å². The molecule has 2 N–H and O–H groups in total. The lowest BCUT2D eigenvalue weighted by atomic mass is 9.70. The van der Waals surface area contributed by atoms with Gasteiger partial charge in [0.2, 0.25) is 5.91 Å². The summed E-state index contributed by atoms with van der Waals surface area (Å²) in [5.74, 6) is 0.206. The zero-order valence-corrected chi connectivity index (χ0v) is 13.0. The SMILES string of the molecule is Cc1ccc(CCC(=O)NC2CCNC3(CCC3)C2)cc1. The predicted molar refractivity (Wildman–Crippen MR) is 85.2 cm³/mol. The van der Waals surface area contributed by atoms with Gasteiger partial charge in [0.1, 0.15) is 0 Å². The molecule has 1 amide bonds. The molecule has 1 spiro atoms. The highest BCUT2D eigenvalue weighted by atomic mass is 16.1. The van der Waals surface area contributed by atoms with E-state index in [0.29, 0.717) is 18.0 Å². The number of benzene rings is 1. The first-order valence-electron chi connectivity index (χ1n) is 8.25. The topological polar surface area (TPSA) is 41.1 Å². The third-order valence-corrected chi connectivity index (χ3v) is 5.07. The van der Waals surface area contributed by atoms with Crippen molar-refractivity contribution in [1.82, 2.24) is 10.6 Å². The maximum atomic E-state index is 12.1. The molecule has 0 aromatic heterocycles. The number of carbonyl (C=O) groups excluding carboxylic acids is 1. The Morgan fingerprint density at radius 2 is 2.10 bits per heavy atom. The summed E-state index contributed by atoms with van der Waals surface area (Å²) >= 11 is 0. The van der Waals surface area contributed by atoms with E-state index in [-0.39, 0.29) is 5.91 Å². The lowest BCUT2D eigenvalue weighted by molar-refractivity contribution is -0.122. The highest BCUT2D eigenvalue weighted by Crippen LogP contribution is 2.38. The van der Waals surface area contributed by atoms with Crippen molar-refractivity contribution in [2.24, 2.45) is 0 Å². The molecule has 3 heteroatoms. The summed E-state index contributed by atoms with van der Waals surface area (Å²) in [5.41, 5.74) is 2.87. The summed E-state index contributed by atoms with van der Waals surface area (Å²) in [6.45, 7) is 3.13. The van der Waals surface area contributed by atoms with E-state index < -0.39 is 0 Å². The van der Waals surface area contributed by atoms with Crippen LogP contribution in [0.25, 0.3) is 0 Å². The molecule has 114 valence electrons. The van der Waals surface area contributed by atoms with Gasteiger partial charge in [0.15, 0.2) is 0 Å². The van der Waals surface area contributed by atoms with Crippen LogP contribution in [-0.4, -0.2) is 24.0 Å². The van der Waals surface area contributed by atoms with Gasteiger partial charge in [-0.3, -0.25) is 4.79 Å². The first kappa shape index (κ1) is 14.6. The number of aryl methyl sites for hydroxylation is 2.